The van der Waals surface area contributed by atoms with Crippen molar-refractivity contribution in [1.82, 2.24) is 0 Å². The van der Waals surface area contributed by atoms with Crippen molar-refractivity contribution >= 4 is 17.0 Å². The maximum atomic E-state index is 6.50. The Morgan fingerprint density at radius 1 is 1.33 bits per heavy atom. The Morgan fingerprint density at radius 2 is 2.14 bits per heavy atom. The van der Waals surface area contributed by atoms with Crippen molar-refractivity contribution in [2.75, 3.05) is 11.4 Å². The third kappa shape index (κ3) is 2.85. The lowest BCUT2D eigenvalue weighted by Gasteiger charge is -2.42. The van der Waals surface area contributed by atoms with Crippen molar-refractivity contribution in [1.29, 1.82) is 0 Å². The zero-order valence-electron chi connectivity index (χ0n) is 12.8. The van der Waals surface area contributed by atoms with E-state index in [2.05, 4.69) is 59.8 Å². The lowest BCUT2D eigenvalue weighted by Crippen LogP contribution is -2.45. The highest BCUT2D eigenvalue weighted by atomic mass is 32.1. The molecule has 21 heavy (non-hydrogen) atoms. The normalized spacial score (nSPS) is 20.9. The predicted octanol–water partition coefficient (Wildman–Crippen LogP) is 4.23. The zero-order chi connectivity index (χ0) is 14.8. The second-order valence-electron chi connectivity index (χ2n) is 6.16. The Morgan fingerprint density at radius 3 is 2.86 bits per heavy atom. The fourth-order valence-electron chi connectivity index (χ4n) is 3.43. The first kappa shape index (κ1) is 14.6. The summed E-state index contributed by atoms with van der Waals surface area (Å²) >= 11 is 1.76. The van der Waals surface area contributed by atoms with Crippen molar-refractivity contribution in [3.05, 3.63) is 52.2 Å². The number of benzene rings is 1. The lowest BCUT2D eigenvalue weighted by atomic mass is 9.89. The Bertz CT molecular complexity index is 579. The molecule has 0 bridgehead atoms. The van der Waals surface area contributed by atoms with Crippen LogP contribution < -0.4 is 10.6 Å². The molecule has 3 heteroatoms. The average molecular weight is 300 g/mol. The molecule has 2 N–H and O–H groups in total. The van der Waals surface area contributed by atoms with Gasteiger partial charge < -0.3 is 10.6 Å². The topological polar surface area (TPSA) is 29.3 Å². The van der Waals surface area contributed by atoms with Gasteiger partial charge in [-0.15, -0.1) is 0 Å². The van der Waals surface area contributed by atoms with Crippen LogP contribution in [0.2, 0.25) is 0 Å². The van der Waals surface area contributed by atoms with Crippen molar-refractivity contribution in [2.45, 2.75) is 38.8 Å². The highest BCUT2D eigenvalue weighted by Crippen LogP contribution is 2.38. The van der Waals surface area contributed by atoms with E-state index in [4.69, 9.17) is 5.73 Å². The maximum absolute atomic E-state index is 6.50. The van der Waals surface area contributed by atoms with Gasteiger partial charge in [-0.3, -0.25) is 0 Å². The van der Waals surface area contributed by atoms with Gasteiger partial charge in [-0.2, -0.15) is 11.3 Å². The fraction of sp³-hybridized carbons (Fsp3) is 0.444. The van der Waals surface area contributed by atoms with Gasteiger partial charge in [0.15, 0.2) is 0 Å². The number of nitrogens with two attached hydrogens (primary N) is 1. The molecule has 2 nitrogen and oxygen atoms in total. The van der Waals surface area contributed by atoms with Crippen molar-refractivity contribution in [2.24, 2.45) is 11.7 Å². The summed E-state index contributed by atoms with van der Waals surface area (Å²) in [5, 5.41) is 4.41. The first-order valence-corrected chi connectivity index (χ1v) is 8.77. The smallest absolute Gasteiger partial charge is 0.0701 e. The molecule has 0 amide bonds. The number of hydrogen-bond acceptors (Lipinski definition) is 3. The molecule has 0 spiro atoms. The lowest BCUT2D eigenvalue weighted by molar-refractivity contribution is 0.434. The summed E-state index contributed by atoms with van der Waals surface area (Å²) in [6, 6.07) is 11.5. The summed E-state index contributed by atoms with van der Waals surface area (Å²) in [5.74, 6) is 0.671. The van der Waals surface area contributed by atoms with E-state index < -0.39 is 0 Å². The molecule has 2 heterocycles. The van der Waals surface area contributed by atoms with Gasteiger partial charge in [-0.25, -0.2) is 0 Å². The molecule has 3 unspecified atom stereocenters. The summed E-state index contributed by atoms with van der Waals surface area (Å²) in [7, 11) is 0. The number of thiophene rings is 1. The fourth-order valence-corrected chi connectivity index (χ4v) is 4.12. The van der Waals surface area contributed by atoms with Gasteiger partial charge in [0.05, 0.1) is 6.04 Å². The number of fused-ring (bicyclic) bond motifs is 1. The molecule has 0 saturated carbocycles. The molecule has 112 valence electrons. The van der Waals surface area contributed by atoms with Gasteiger partial charge in [0.2, 0.25) is 0 Å². The van der Waals surface area contributed by atoms with Gasteiger partial charge in [-0.1, -0.05) is 32.0 Å². The van der Waals surface area contributed by atoms with Gasteiger partial charge >= 0.3 is 0 Å². The molecule has 1 aromatic heterocycles. The van der Waals surface area contributed by atoms with Crippen LogP contribution >= 0.6 is 11.3 Å². The number of anilines is 1. The third-order valence-corrected chi connectivity index (χ3v) is 5.18. The van der Waals surface area contributed by atoms with Crippen LogP contribution in [0.15, 0.2) is 41.1 Å². The molecule has 1 aliphatic heterocycles. The first-order chi connectivity index (χ1) is 10.2. The summed E-state index contributed by atoms with van der Waals surface area (Å²) in [4.78, 5) is 2.54. The monoisotopic (exact) mass is 300 g/mol. The Labute approximate surface area is 131 Å². The van der Waals surface area contributed by atoms with Crippen LogP contribution in [0.4, 0.5) is 5.69 Å². The Hall–Kier alpha value is -1.32. The molecule has 3 rings (SSSR count). The molecule has 0 fully saturated rings. The van der Waals surface area contributed by atoms with Gasteiger partial charge in [0, 0.05) is 18.3 Å². The van der Waals surface area contributed by atoms with Crippen LogP contribution in [0.25, 0.3) is 0 Å². The molecule has 2 aromatic rings. The van der Waals surface area contributed by atoms with E-state index in [1.54, 1.807) is 11.3 Å². The molecule has 0 radical (unpaired) electrons. The number of rotatable bonds is 4. The summed E-state index contributed by atoms with van der Waals surface area (Å²) in [5.41, 5.74) is 10.7. The van der Waals surface area contributed by atoms with E-state index in [0.29, 0.717) is 5.92 Å². The van der Waals surface area contributed by atoms with Crippen molar-refractivity contribution in [3.63, 3.8) is 0 Å². The molecule has 1 aromatic carbocycles. The van der Waals surface area contributed by atoms with Crippen LogP contribution in [0.5, 0.6) is 0 Å². The SMILES string of the molecule is CCC(N)C(c1ccsc1)N1CC(C)Cc2ccccc21. The number of hydrogen-bond donors (Lipinski definition) is 1. The minimum Gasteiger partial charge on any atom is -0.362 e. The summed E-state index contributed by atoms with van der Waals surface area (Å²) in [6.07, 6.45) is 2.16. The van der Waals surface area contributed by atoms with Gasteiger partial charge in [0.1, 0.15) is 0 Å². The van der Waals surface area contributed by atoms with E-state index in [1.807, 2.05) is 0 Å². The molecular weight excluding hydrogens is 276 g/mol. The predicted molar refractivity (Wildman–Crippen MR) is 92.0 cm³/mol. The van der Waals surface area contributed by atoms with E-state index in [1.165, 1.54) is 23.2 Å². The van der Waals surface area contributed by atoms with E-state index in [9.17, 15) is 0 Å². The maximum Gasteiger partial charge on any atom is 0.0701 e. The number of para-hydroxylation sites is 1. The highest BCUT2D eigenvalue weighted by molar-refractivity contribution is 7.08. The first-order valence-electron chi connectivity index (χ1n) is 7.83. The number of nitrogens with zero attached hydrogens (tertiary/aromatic N) is 1. The van der Waals surface area contributed by atoms with Gasteiger partial charge in [-0.05, 0) is 52.8 Å². The Balaban J connectivity index is 2.03. The zero-order valence-corrected chi connectivity index (χ0v) is 13.6. The van der Waals surface area contributed by atoms with E-state index in [0.717, 1.165) is 13.0 Å². The quantitative estimate of drug-likeness (QED) is 0.915. The third-order valence-electron chi connectivity index (χ3n) is 4.48. The molecule has 3 atom stereocenters. The average Bonchev–Trinajstić information content (AvgIpc) is 3.01. The van der Waals surface area contributed by atoms with Crippen molar-refractivity contribution in [3.8, 4) is 0 Å². The van der Waals surface area contributed by atoms with Crippen LogP contribution in [-0.2, 0) is 6.42 Å². The minimum atomic E-state index is 0.165. The highest BCUT2D eigenvalue weighted by Gasteiger charge is 2.31. The molecular formula is C18H24N2S. The minimum absolute atomic E-state index is 0.165. The van der Waals surface area contributed by atoms with E-state index >= 15 is 0 Å². The molecule has 0 saturated heterocycles. The van der Waals surface area contributed by atoms with Crippen LogP contribution in [-0.4, -0.2) is 12.6 Å². The van der Waals surface area contributed by atoms with Crippen LogP contribution in [0.1, 0.15) is 37.4 Å². The standard InChI is InChI=1S/C18H24N2S/c1-3-16(19)18(15-8-9-21-12-15)20-11-13(2)10-14-6-4-5-7-17(14)20/h4-9,12-13,16,18H,3,10-11,19H2,1-2H3. The van der Waals surface area contributed by atoms with Crippen LogP contribution in [0, 0.1) is 5.92 Å². The summed E-state index contributed by atoms with van der Waals surface area (Å²) in [6.45, 7) is 5.61. The second kappa shape index (κ2) is 6.20. The molecule has 1 aliphatic rings. The van der Waals surface area contributed by atoms with E-state index in [-0.39, 0.29) is 12.1 Å². The Kier molecular flexibility index (Phi) is 4.32. The molecule has 0 aliphatic carbocycles. The van der Waals surface area contributed by atoms with Gasteiger partial charge in [0.25, 0.3) is 0 Å². The second-order valence-corrected chi connectivity index (χ2v) is 6.94. The van der Waals surface area contributed by atoms with Crippen LogP contribution in [0.3, 0.4) is 0 Å². The summed E-state index contributed by atoms with van der Waals surface area (Å²) < 4.78 is 0. The van der Waals surface area contributed by atoms with Crippen molar-refractivity contribution < 1.29 is 0 Å². The largest absolute Gasteiger partial charge is 0.362 e.